The van der Waals surface area contributed by atoms with Crippen LogP contribution in [0.3, 0.4) is 0 Å². The first-order valence-electron chi connectivity index (χ1n) is 7.93. The molecule has 1 heterocycles. The summed E-state index contributed by atoms with van der Waals surface area (Å²) < 4.78 is 7.24. The van der Waals surface area contributed by atoms with Crippen molar-refractivity contribution in [1.82, 2.24) is 4.57 Å². The molecule has 4 heteroatoms. The van der Waals surface area contributed by atoms with E-state index in [0.717, 1.165) is 22.6 Å². The molecule has 0 unspecified atom stereocenters. The first-order chi connectivity index (χ1) is 11.6. The molecular weight excluding hydrogens is 300 g/mol. The lowest BCUT2D eigenvalue weighted by atomic mass is 10.1. The third kappa shape index (κ3) is 2.78. The van der Waals surface area contributed by atoms with Gasteiger partial charge in [-0.05, 0) is 38.1 Å². The zero-order chi connectivity index (χ0) is 17.1. The van der Waals surface area contributed by atoms with Gasteiger partial charge in [-0.25, -0.2) is 4.79 Å². The number of anilines is 1. The molecule has 0 spiro atoms. The summed E-state index contributed by atoms with van der Waals surface area (Å²) in [4.78, 5) is 12.3. The lowest BCUT2D eigenvalue weighted by Gasteiger charge is -2.13. The van der Waals surface area contributed by atoms with E-state index in [9.17, 15) is 4.79 Å². The minimum absolute atomic E-state index is 0.319. The van der Waals surface area contributed by atoms with Crippen LogP contribution in [0.5, 0.6) is 0 Å². The molecule has 2 aromatic carbocycles. The van der Waals surface area contributed by atoms with E-state index < -0.39 is 0 Å². The van der Waals surface area contributed by atoms with Crippen molar-refractivity contribution in [2.45, 2.75) is 13.8 Å². The van der Waals surface area contributed by atoms with Crippen molar-refractivity contribution in [3.05, 3.63) is 71.9 Å². The third-order valence-corrected chi connectivity index (χ3v) is 3.99. The predicted molar refractivity (Wildman–Crippen MR) is 96.3 cm³/mol. The Bertz CT molecular complexity index is 867. The van der Waals surface area contributed by atoms with Gasteiger partial charge in [-0.1, -0.05) is 36.4 Å². The predicted octanol–water partition coefficient (Wildman–Crippen LogP) is 4.21. The van der Waals surface area contributed by atoms with E-state index >= 15 is 0 Å². The number of nitrogens with zero attached hydrogens (tertiary/aromatic N) is 1. The average molecular weight is 320 g/mol. The summed E-state index contributed by atoms with van der Waals surface area (Å²) in [6.45, 7) is 4.07. The standard InChI is InChI=1S/C20H20N2O2/c1-3-24-20(23)17-13-19(16-11-7-8-12-18(16)21)22(14(17)2)15-9-5-4-6-10-15/h4-13H,3,21H2,1-2H3. The number of esters is 1. The minimum atomic E-state index is -0.319. The summed E-state index contributed by atoms with van der Waals surface area (Å²) in [6.07, 6.45) is 0. The molecule has 0 bridgehead atoms. The van der Waals surface area contributed by atoms with Gasteiger partial charge in [0.1, 0.15) is 0 Å². The lowest BCUT2D eigenvalue weighted by Crippen LogP contribution is -2.06. The molecule has 0 amide bonds. The zero-order valence-electron chi connectivity index (χ0n) is 13.8. The smallest absolute Gasteiger partial charge is 0.339 e. The molecule has 0 saturated carbocycles. The highest BCUT2D eigenvalue weighted by Crippen LogP contribution is 2.32. The second kappa shape index (κ2) is 6.62. The Labute approximate surface area is 141 Å². The van der Waals surface area contributed by atoms with Crippen LogP contribution in [-0.4, -0.2) is 17.1 Å². The molecule has 122 valence electrons. The number of hydrogen-bond donors (Lipinski definition) is 1. The van der Waals surface area contributed by atoms with Crippen molar-refractivity contribution in [1.29, 1.82) is 0 Å². The van der Waals surface area contributed by atoms with E-state index in [4.69, 9.17) is 10.5 Å². The molecule has 0 saturated heterocycles. The van der Waals surface area contributed by atoms with Gasteiger partial charge < -0.3 is 15.0 Å². The number of aromatic nitrogens is 1. The van der Waals surface area contributed by atoms with E-state index in [1.54, 1.807) is 6.92 Å². The number of para-hydroxylation sites is 2. The lowest BCUT2D eigenvalue weighted by molar-refractivity contribution is 0.0525. The Morgan fingerprint density at radius 3 is 2.42 bits per heavy atom. The molecular formula is C20H20N2O2. The fourth-order valence-corrected chi connectivity index (χ4v) is 2.86. The number of ether oxygens (including phenoxy) is 1. The summed E-state index contributed by atoms with van der Waals surface area (Å²) in [7, 11) is 0. The third-order valence-electron chi connectivity index (χ3n) is 3.99. The van der Waals surface area contributed by atoms with E-state index in [-0.39, 0.29) is 5.97 Å². The Morgan fingerprint density at radius 2 is 1.75 bits per heavy atom. The maximum absolute atomic E-state index is 12.3. The fraction of sp³-hybridized carbons (Fsp3) is 0.150. The maximum Gasteiger partial charge on any atom is 0.339 e. The van der Waals surface area contributed by atoms with Crippen molar-refractivity contribution in [2.24, 2.45) is 0 Å². The highest BCUT2D eigenvalue weighted by molar-refractivity contribution is 5.94. The van der Waals surface area contributed by atoms with Crippen LogP contribution >= 0.6 is 0 Å². The van der Waals surface area contributed by atoms with Crippen LogP contribution in [0.1, 0.15) is 23.0 Å². The summed E-state index contributed by atoms with van der Waals surface area (Å²) in [5.74, 6) is -0.319. The van der Waals surface area contributed by atoms with E-state index in [1.807, 2.05) is 72.2 Å². The average Bonchev–Trinajstić information content (AvgIpc) is 2.93. The van der Waals surface area contributed by atoms with Crippen molar-refractivity contribution in [3.63, 3.8) is 0 Å². The van der Waals surface area contributed by atoms with Crippen molar-refractivity contribution in [3.8, 4) is 16.9 Å². The van der Waals surface area contributed by atoms with E-state index in [1.165, 1.54) is 0 Å². The van der Waals surface area contributed by atoms with Crippen molar-refractivity contribution in [2.75, 3.05) is 12.3 Å². The van der Waals surface area contributed by atoms with Crippen LogP contribution in [0.2, 0.25) is 0 Å². The summed E-state index contributed by atoms with van der Waals surface area (Å²) >= 11 is 0. The van der Waals surface area contributed by atoms with Crippen LogP contribution in [0.4, 0.5) is 5.69 Å². The zero-order valence-corrected chi connectivity index (χ0v) is 13.8. The molecule has 24 heavy (non-hydrogen) atoms. The number of hydrogen-bond acceptors (Lipinski definition) is 3. The van der Waals surface area contributed by atoms with Crippen LogP contribution < -0.4 is 5.73 Å². The highest BCUT2D eigenvalue weighted by atomic mass is 16.5. The number of carbonyl (C=O) groups is 1. The maximum atomic E-state index is 12.3. The Kier molecular flexibility index (Phi) is 4.38. The molecule has 3 aromatic rings. The first-order valence-corrected chi connectivity index (χ1v) is 7.93. The van der Waals surface area contributed by atoms with Crippen LogP contribution in [-0.2, 0) is 4.74 Å². The molecule has 0 radical (unpaired) electrons. The molecule has 1 aromatic heterocycles. The largest absolute Gasteiger partial charge is 0.462 e. The number of nitrogen functional groups attached to an aromatic ring is 1. The van der Waals surface area contributed by atoms with Gasteiger partial charge in [0.15, 0.2) is 0 Å². The van der Waals surface area contributed by atoms with Crippen molar-refractivity contribution >= 4 is 11.7 Å². The molecule has 0 aliphatic rings. The molecule has 3 rings (SSSR count). The van der Waals surface area contributed by atoms with Gasteiger partial charge >= 0.3 is 5.97 Å². The Balaban J connectivity index is 2.26. The number of benzene rings is 2. The number of nitrogens with two attached hydrogens (primary N) is 1. The van der Waals surface area contributed by atoms with Gasteiger partial charge in [-0.2, -0.15) is 0 Å². The summed E-state index contributed by atoms with van der Waals surface area (Å²) in [5, 5.41) is 0. The normalized spacial score (nSPS) is 10.6. The minimum Gasteiger partial charge on any atom is -0.462 e. The topological polar surface area (TPSA) is 57.2 Å². The molecule has 2 N–H and O–H groups in total. The molecule has 0 aliphatic heterocycles. The van der Waals surface area contributed by atoms with E-state index in [2.05, 4.69) is 0 Å². The molecule has 0 fully saturated rings. The fourth-order valence-electron chi connectivity index (χ4n) is 2.86. The van der Waals surface area contributed by atoms with Crippen LogP contribution in [0.15, 0.2) is 60.7 Å². The second-order valence-corrected chi connectivity index (χ2v) is 5.51. The van der Waals surface area contributed by atoms with Gasteiger partial charge in [0.2, 0.25) is 0 Å². The quantitative estimate of drug-likeness (QED) is 0.578. The molecule has 0 atom stereocenters. The number of carbonyl (C=O) groups excluding carboxylic acids is 1. The number of rotatable bonds is 4. The molecule has 4 nitrogen and oxygen atoms in total. The van der Waals surface area contributed by atoms with Crippen molar-refractivity contribution < 1.29 is 9.53 Å². The van der Waals surface area contributed by atoms with Gasteiger partial charge in [-0.3, -0.25) is 0 Å². The monoisotopic (exact) mass is 320 g/mol. The van der Waals surface area contributed by atoms with Gasteiger partial charge in [0.25, 0.3) is 0 Å². The van der Waals surface area contributed by atoms with Crippen LogP contribution in [0, 0.1) is 6.92 Å². The highest BCUT2D eigenvalue weighted by Gasteiger charge is 2.21. The molecule has 0 aliphatic carbocycles. The first kappa shape index (κ1) is 15.9. The van der Waals surface area contributed by atoms with E-state index in [0.29, 0.717) is 17.9 Å². The second-order valence-electron chi connectivity index (χ2n) is 5.51. The SMILES string of the molecule is CCOC(=O)c1cc(-c2ccccc2N)n(-c2ccccc2)c1C. The van der Waals surface area contributed by atoms with Crippen LogP contribution in [0.25, 0.3) is 16.9 Å². The van der Waals surface area contributed by atoms with Gasteiger partial charge in [-0.15, -0.1) is 0 Å². The van der Waals surface area contributed by atoms with Gasteiger partial charge in [0, 0.05) is 22.6 Å². The summed E-state index contributed by atoms with van der Waals surface area (Å²) in [5.41, 5.74) is 11.0. The Morgan fingerprint density at radius 1 is 1.08 bits per heavy atom. The van der Waals surface area contributed by atoms with Gasteiger partial charge in [0.05, 0.1) is 17.9 Å². The summed E-state index contributed by atoms with van der Waals surface area (Å²) in [6, 6.07) is 19.4. The Hall–Kier alpha value is -3.01.